The summed E-state index contributed by atoms with van der Waals surface area (Å²) in [5.41, 5.74) is 1.27. The summed E-state index contributed by atoms with van der Waals surface area (Å²) in [5, 5.41) is 8.94. The molecule has 2 aromatic heterocycles. The van der Waals surface area contributed by atoms with Crippen molar-refractivity contribution in [2.45, 2.75) is 51.2 Å². The van der Waals surface area contributed by atoms with E-state index in [1.807, 2.05) is 13.0 Å². The Hall–Kier alpha value is -3.08. The fraction of sp³-hybridized carbons (Fsp3) is 0.464. The van der Waals surface area contributed by atoms with Gasteiger partial charge in [0.1, 0.15) is 5.69 Å². The van der Waals surface area contributed by atoms with E-state index in [1.54, 1.807) is 36.3 Å². The van der Waals surface area contributed by atoms with E-state index in [0.29, 0.717) is 35.8 Å². The van der Waals surface area contributed by atoms with Crippen LogP contribution >= 0.6 is 22.9 Å². The monoisotopic (exact) mass is 568 g/mol. The van der Waals surface area contributed by atoms with Crippen molar-refractivity contribution >= 4 is 51.4 Å². The third-order valence-electron chi connectivity index (χ3n) is 7.72. The minimum Gasteiger partial charge on any atom is -0.346 e. The number of likely N-dealkylation sites (N-methyl/N-ethyl adjacent to an activating group) is 1. The zero-order valence-corrected chi connectivity index (χ0v) is 23.9. The molecule has 11 heteroatoms. The van der Waals surface area contributed by atoms with Gasteiger partial charge in [0, 0.05) is 66.5 Å². The maximum Gasteiger partial charge on any atom is 0.280 e. The molecule has 3 aromatic rings. The number of carbonyl (C=O) groups excluding carboxylic acids is 3. The number of pyridine rings is 1. The molecular formula is C28H33ClN6O3S. The van der Waals surface area contributed by atoms with Crippen LogP contribution < -0.4 is 10.6 Å². The highest BCUT2D eigenvalue weighted by atomic mass is 35.5. The molecule has 3 amide bonds. The van der Waals surface area contributed by atoms with Crippen LogP contribution in [0.25, 0.3) is 10.8 Å². The van der Waals surface area contributed by atoms with Crippen molar-refractivity contribution < 1.29 is 14.4 Å². The van der Waals surface area contributed by atoms with Crippen molar-refractivity contribution in [1.29, 1.82) is 0 Å². The molecule has 9 nitrogen and oxygen atoms in total. The molecule has 0 saturated heterocycles. The van der Waals surface area contributed by atoms with Gasteiger partial charge in [-0.3, -0.25) is 19.4 Å². The van der Waals surface area contributed by atoms with Gasteiger partial charge >= 0.3 is 0 Å². The molecule has 2 N–H and O–H groups in total. The number of thiazole rings is 1. The van der Waals surface area contributed by atoms with Gasteiger partial charge in [0.15, 0.2) is 5.01 Å². The predicted molar refractivity (Wildman–Crippen MR) is 152 cm³/mol. The number of fused-ring (bicyclic) bond motifs is 2. The molecule has 2 aliphatic rings. The second-order valence-electron chi connectivity index (χ2n) is 10.5. The summed E-state index contributed by atoms with van der Waals surface area (Å²) in [6, 6.07) is 6.40. The first kappa shape index (κ1) is 27.5. The molecule has 1 aliphatic carbocycles. The fourth-order valence-electron chi connectivity index (χ4n) is 5.32. The molecule has 206 valence electrons. The van der Waals surface area contributed by atoms with Crippen LogP contribution in [0.1, 0.15) is 57.0 Å². The molecule has 1 aliphatic heterocycles. The summed E-state index contributed by atoms with van der Waals surface area (Å²) in [5.74, 6) is -0.752. The average molecular weight is 569 g/mol. The molecule has 0 bridgehead atoms. The molecule has 3 atom stereocenters. The largest absolute Gasteiger partial charge is 0.346 e. The van der Waals surface area contributed by atoms with E-state index in [1.165, 1.54) is 11.3 Å². The second kappa shape index (κ2) is 11.6. The Morgan fingerprint density at radius 2 is 1.92 bits per heavy atom. The van der Waals surface area contributed by atoms with Crippen LogP contribution in [0.15, 0.2) is 30.5 Å². The number of nitrogens with zero attached hydrogens (tertiary/aromatic N) is 4. The molecule has 39 heavy (non-hydrogen) atoms. The van der Waals surface area contributed by atoms with E-state index >= 15 is 0 Å². The SMILES string of the molecule is CCN(C)C(=O)[C@H]1CC[C@H](NC(=O)c2cc3ccc(Cl)cc3cn2)[C@H](NC(=O)c2nc3c(s2)CN(C)CC3)C1. The van der Waals surface area contributed by atoms with Crippen molar-refractivity contribution in [3.8, 4) is 0 Å². The summed E-state index contributed by atoms with van der Waals surface area (Å²) < 4.78 is 0. The van der Waals surface area contributed by atoms with Crippen molar-refractivity contribution in [3.05, 3.63) is 56.8 Å². The van der Waals surface area contributed by atoms with Gasteiger partial charge in [-0.15, -0.1) is 11.3 Å². The number of hydrogen-bond acceptors (Lipinski definition) is 7. The Balaban J connectivity index is 1.34. The molecular weight excluding hydrogens is 536 g/mol. The first-order valence-corrected chi connectivity index (χ1v) is 14.5. The van der Waals surface area contributed by atoms with E-state index < -0.39 is 6.04 Å². The maximum absolute atomic E-state index is 13.3. The van der Waals surface area contributed by atoms with Gasteiger partial charge in [0.25, 0.3) is 11.8 Å². The first-order valence-electron chi connectivity index (χ1n) is 13.3. The molecule has 5 rings (SSSR count). The van der Waals surface area contributed by atoms with Gasteiger partial charge in [0.05, 0.1) is 11.7 Å². The zero-order valence-electron chi connectivity index (χ0n) is 22.4. The lowest BCUT2D eigenvalue weighted by molar-refractivity contribution is -0.135. The molecule has 1 aromatic carbocycles. The Morgan fingerprint density at radius 3 is 2.72 bits per heavy atom. The molecule has 3 heterocycles. The van der Waals surface area contributed by atoms with E-state index in [2.05, 4.69) is 32.5 Å². The lowest BCUT2D eigenvalue weighted by atomic mass is 9.81. The van der Waals surface area contributed by atoms with Crippen LogP contribution in [0, 0.1) is 5.92 Å². The second-order valence-corrected chi connectivity index (χ2v) is 12.0. The Bertz CT molecular complexity index is 1410. The Morgan fingerprint density at radius 1 is 1.13 bits per heavy atom. The standard InChI is InChI=1S/C28H33ClN6O3S/c1-4-35(3)28(38)17-6-8-20(31-25(36)23-12-16-5-7-19(29)11-18(16)14-30-23)22(13-17)32-26(37)27-33-21-9-10-34(2)15-24(21)39-27/h5,7,11-12,14,17,20,22H,4,6,8-10,13,15H2,1-3H3,(H,31,36)(H,32,37)/t17-,20-,22+/m0/s1. The Labute approximate surface area is 236 Å². The normalized spacial score (nSPS) is 21.3. The van der Waals surface area contributed by atoms with Gasteiger partial charge in [-0.05, 0) is 56.8 Å². The third-order valence-corrected chi connectivity index (χ3v) is 9.03. The lowest BCUT2D eigenvalue weighted by Gasteiger charge is -2.37. The van der Waals surface area contributed by atoms with Gasteiger partial charge in [-0.25, -0.2) is 4.98 Å². The van der Waals surface area contributed by atoms with E-state index in [4.69, 9.17) is 11.6 Å². The fourth-order valence-corrected chi connectivity index (χ4v) is 6.60. The summed E-state index contributed by atoms with van der Waals surface area (Å²) in [6.07, 6.45) is 4.09. The number of aromatic nitrogens is 2. The number of rotatable bonds is 6. The Kier molecular flexibility index (Phi) is 8.16. The van der Waals surface area contributed by atoms with Gasteiger partial charge in [-0.2, -0.15) is 0 Å². The van der Waals surface area contributed by atoms with Gasteiger partial charge in [-0.1, -0.05) is 17.7 Å². The van der Waals surface area contributed by atoms with E-state index in [9.17, 15) is 14.4 Å². The number of amides is 3. The first-order chi connectivity index (χ1) is 18.7. The van der Waals surface area contributed by atoms with Crippen molar-refractivity contribution in [1.82, 2.24) is 30.4 Å². The van der Waals surface area contributed by atoms with Crippen molar-refractivity contribution in [2.24, 2.45) is 5.92 Å². The molecule has 0 spiro atoms. The summed E-state index contributed by atoms with van der Waals surface area (Å²) >= 11 is 7.49. The number of halogens is 1. The van der Waals surface area contributed by atoms with Crippen LogP contribution in [-0.4, -0.2) is 76.8 Å². The zero-order chi connectivity index (χ0) is 27.7. The van der Waals surface area contributed by atoms with Crippen LogP contribution in [0.3, 0.4) is 0 Å². The minimum absolute atomic E-state index is 0.0594. The topological polar surface area (TPSA) is 108 Å². The molecule has 0 radical (unpaired) electrons. The average Bonchev–Trinajstić information content (AvgIpc) is 3.36. The van der Waals surface area contributed by atoms with E-state index in [0.717, 1.165) is 40.9 Å². The van der Waals surface area contributed by atoms with Gasteiger partial charge < -0.3 is 20.4 Å². The van der Waals surface area contributed by atoms with Gasteiger partial charge in [0.2, 0.25) is 5.91 Å². The van der Waals surface area contributed by atoms with Crippen LogP contribution in [0.4, 0.5) is 0 Å². The quantitative estimate of drug-likeness (QED) is 0.471. The lowest BCUT2D eigenvalue weighted by Crippen LogP contribution is -2.56. The van der Waals surface area contributed by atoms with Crippen molar-refractivity contribution in [3.63, 3.8) is 0 Å². The summed E-state index contributed by atoms with van der Waals surface area (Å²) in [6.45, 7) is 4.26. The molecule has 0 unspecified atom stereocenters. The highest BCUT2D eigenvalue weighted by Crippen LogP contribution is 2.29. The van der Waals surface area contributed by atoms with Crippen LogP contribution in [0.2, 0.25) is 5.02 Å². The smallest absolute Gasteiger partial charge is 0.280 e. The number of benzene rings is 1. The highest BCUT2D eigenvalue weighted by Gasteiger charge is 2.37. The predicted octanol–water partition coefficient (Wildman–Crippen LogP) is 3.51. The summed E-state index contributed by atoms with van der Waals surface area (Å²) in [4.78, 5) is 53.6. The van der Waals surface area contributed by atoms with E-state index in [-0.39, 0.29) is 35.4 Å². The summed E-state index contributed by atoms with van der Waals surface area (Å²) in [7, 11) is 3.85. The number of nitrogens with one attached hydrogen (secondary N) is 2. The highest BCUT2D eigenvalue weighted by molar-refractivity contribution is 7.13. The number of hydrogen-bond donors (Lipinski definition) is 2. The van der Waals surface area contributed by atoms with Crippen LogP contribution in [0.5, 0.6) is 0 Å². The van der Waals surface area contributed by atoms with Crippen molar-refractivity contribution in [2.75, 3.05) is 27.2 Å². The maximum atomic E-state index is 13.3. The number of carbonyl (C=O) groups is 3. The minimum atomic E-state index is -0.419. The molecule has 1 fully saturated rings. The molecule has 1 saturated carbocycles. The third kappa shape index (κ3) is 6.08. The van der Waals surface area contributed by atoms with Crippen LogP contribution in [-0.2, 0) is 17.8 Å².